The topological polar surface area (TPSA) is 42.2 Å². The second kappa shape index (κ2) is 6.03. The molecular formula is C14H18N4S2. The van der Waals surface area contributed by atoms with E-state index in [0.717, 1.165) is 40.7 Å². The molecule has 3 rings (SSSR count). The van der Waals surface area contributed by atoms with E-state index in [4.69, 9.17) is 0 Å². The SMILES string of the molecule is CCCNC(Cc1cn2ccsc2n1)c1csc(C)n1. The maximum Gasteiger partial charge on any atom is 0.193 e. The first kappa shape index (κ1) is 13.7. The minimum Gasteiger partial charge on any atom is -0.308 e. The molecule has 0 aliphatic rings. The van der Waals surface area contributed by atoms with Crippen LogP contribution in [0.1, 0.15) is 35.8 Å². The second-order valence-corrected chi connectivity index (χ2v) is 6.76. The molecule has 3 heterocycles. The van der Waals surface area contributed by atoms with E-state index in [1.807, 2.05) is 0 Å². The van der Waals surface area contributed by atoms with Gasteiger partial charge in [0.1, 0.15) is 0 Å². The number of thiazole rings is 2. The normalized spacial score (nSPS) is 13.1. The zero-order valence-corrected chi connectivity index (χ0v) is 13.3. The Morgan fingerprint density at radius 1 is 1.35 bits per heavy atom. The maximum absolute atomic E-state index is 4.67. The zero-order chi connectivity index (χ0) is 13.9. The third-order valence-corrected chi connectivity index (χ3v) is 4.75. The molecule has 0 fully saturated rings. The van der Waals surface area contributed by atoms with Crippen LogP contribution in [0.3, 0.4) is 0 Å². The van der Waals surface area contributed by atoms with Crippen molar-refractivity contribution < 1.29 is 0 Å². The number of imidazole rings is 1. The van der Waals surface area contributed by atoms with E-state index in [0.29, 0.717) is 0 Å². The summed E-state index contributed by atoms with van der Waals surface area (Å²) in [6, 6.07) is 0.254. The summed E-state index contributed by atoms with van der Waals surface area (Å²) in [6.07, 6.45) is 6.18. The van der Waals surface area contributed by atoms with Crippen molar-refractivity contribution in [1.29, 1.82) is 0 Å². The number of nitrogens with zero attached hydrogens (tertiary/aromatic N) is 3. The molecule has 6 heteroatoms. The van der Waals surface area contributed by atoms with Crippen LogP contribution in [0.2, 0.25) is 0 Å². The number of hydrogen-bond donors (Lipinski definition) is 1. The lowest BCUT2D eigenvalue weighted by Crippen LogP contribution is -2.24. The van der Waals surface area contributed by atoms with Crippen molar-refractivity contribution in [2.75, 3.05) is 6.54 Å². The van der Waals surface area contributed by atoms with Crippen LogP contribution >= 0.6 is 22.7 Å². The molecule has 1 N–H and O–H groups in total. The summed E-state index contributed by atoms with van der Waals surface area (Å²) in [5, 5.41) is 8.91. The van der Waals surface area contributed by atoms with Gasteiger partial charge in [-0.2, -0.15) is 0 Å². The van der Waals surface area contributed by atoms with Crippen LogP contribution in [0, 0.1) is 6.92 Å². The van der Waals surface area contributed by atoms with Gasteiger partial charge in [0.15, 0.2) is 4.96 Å². The molecule has 1 unspecified atom stereocenters. The van der Waals surface area contributed by atoms with Gasteiger partial charge in [0, 0.05) is 29.6 Å². The Labute approximate surface area is 126 Å². The summed E-state index contributed by atoms with van der Waals surface area (Å²) < 4.78 is 2.09. The van der Waals surface area contributed by atoms with E-state index < -0.39 is 0 Å². The van der Waals surface area contributed by atoms with Crippen LogP contribution in [0.5, 0.6) is 0 Å². The van der Waals surface area contributed by atoms with Crippen LogP contribution in [0.15, 0.2) is 23.2 Å². The number of aryl methyl sites for hydroxylation is 1. The Morgan fingerprint density at radius 2 is 2.25 bits per heavy atom. The van der Waals surface area contributed by atoms with E-state index in [1.165, 1.54) is 0 Å². The molecule has 0 aromatic carbocycles. The summed E-state index contributed by atoms with van der Waals surface area (Å²) in [5.74, 6) is 0. The summed E-state index contributed by atoms with van der Waals surface area (Å²) in [6.45, 7) is 5.24. The summed E-state index contributed by atoms with van der Waals surface area (Å²) in [5.41, 5.74) is 2.26. The van der Waals surface area contributed by atoms with Gasteiger partial charge in [0.2, 0.25) is 0 Å². The Hall–Kier alpha value is -1.24. The monoisotopic (exact) mass is 306 g/mol. The highest BCUT2D eigenvalue weighted by Gasteiger charge is 2.16. The summed E-state index contributed by atoms with van der Waals surface area (Å²) >= 11 is 3.38. The van der Waals surface area contributed by atoms with Gasteiger partial charge >= 0.3 is 0 Å². The van der Waals surface area contributed by atoms with Gasteiger partial charge in [-0.1, -0.05) is 6.92 Å². The standard InChI is InChI=1S/C14H18N4S2/c1-3-4-15-12(13-9-20-10(2)16-13)7-11-8-18-5-6-19-14(18)17-11/h5-6,8-9,12,15H,3-4,7H2,1-2H3. The van der Waals surface area contributed by atoms with Crippen molar-refractivity contribution in [2.45, 2.75) is 32.7 Å². The van der Waals surface area contributed by atoms with E-state index in [-0.39, 0.29) is 6.04 Å². The fraction of sp³-hybridized carbons (Fsp3) is 0.429. The molecule has 0 saturated heterocycles. The Balaban J connectivity index is 1.80. The fourth-order valence-corrected chi connectivity index (χ4v) is 3.61. The van der Waals surface area contributed by atoms with Crippen molar-refractivity contribution in [1.82, 2.24) is 19.7 Å². The fourth-order valence-electron chi connectivity index (χ4n) is 2.22. The second-order valence-electron chi connectivity index (χ2n) is 4.83. The lowest BCUT2D eigenvalue weighted by molar-refractivity contribution is 0.515. The van der Waals surface area contributed by atoms with Crippen LogP contribution in [0.25, 0.3) is 4.96 Å². The van der Waals surface area contributed by atoms with Gasteiger partial charge in [-0.3, -0.25) is 4.40 Å². The number of hydrogen-bond acceptors (Lipinski definition) is 5. The molecule has 0 aliphatic carbocycles. The van der Waals surface area contributed by atoms with Gasteiger partial charge < -0.3 is 5.32 Å². The van der Waals surface area contributed by atoms with Crippen molar-refractivity contribution in [3.8, 4) is 0 Å². The molecule has 0 aliphatic heterocycles. The molecular weight excluding hydrogens is 288 g/mol. The highest BCUT2D eigenvalue weighted by atomic mass is 32.1. The quantitative estimate of drug-likeness (QED) is 0.758. The van der Waals surface area contributed by atoms with E-state index in [2.05, 4.69) is 56.7 Å². The molecule has 0 amide bonds. The molecule has 106 valence electrons. The molecule has 3 aromatic rings. The smallest absolute Gasteiger partial charge is 0.193 e. The highest BCUT2D eigenvalue weighted by molar-refractivity contribution is 7.15. The first-order valence-electron chi connectivity index (χ1n) is 6.82. The third kappa shape index (κ3) is 2.92. The van der Waals surface area contributed by atoms with Gasteiger partial charge in [-0.05, 0) is 19.9 Å². The van der Waals surface area contributed by atoms with Gasteiger partial charge in [0.25, 0.3) is 0 Å². The molecule has 4 nitrogen and oxygen atoms in total. The molecule has 0 spiro atoms. The van der Waals surface area contributed by atoms with Gasteiger partial charge in [-0.15, -0.1) is 22.7 Å². The molecule has 0 bridgehead atoms. The molecule has 1 atom stereocenters. The molecule has 0 saturated carbocycles. The average molecular weight is 306 g/mol. The first-order chi connectivity index (χ1) is 9.76. The molecule has 0 radical (unpaired) electrons. The lowest BCUT2D eigenvalue weighted by Gasteiger charge is -2.15. The van der Waals surface area contributed by atoms with Crippen molar-refractivity contribution in [3.05, 3.63) is 39.5 Å². The maximum atomic E-state index is 4.67. The number of rotatable bonds is 6. The summed E-state index contributed by atoms with van der Waals surface area (Å²) in [7, 11) is 0. The van der Waals surface area contributed by atoms with Crippen molar-refractivity contribution in [3.63, 3.8) is 0 Å². The van der Waals surface area contributed by atoms with Crippen LogP contribution in [0.4, 0.5) is 0 Å². The lowest BCUT2D eigenvalue weighted by atomic mass is 10.1. The summed E-state index contributed by atoms with van der Waals surface area (Å²) in [4.78, 5) is 10.4. The van der Waals surface area contributed by atoms with Gasteiger partial charge in [-0.25, -0.2) is 9.97 Å². The number of fused-ring (bicyclic) bond motifs is 1. The Kier molecular flexibility index (Phi) is 4.14. The highest BCUT2D eigenvalue weighted by Crippen LogP contribution is 2.21. The molecule has 3 aromatic heterocycles. The average Bonchev–Trinajstić information content (AvgIpc) is 3.09. The third-order valence-electron chi connectivity index (χ3n) is 3.19. The van der Waals surface area contributed by atoms with Crippen LogP contribution in [-0.4, -0.2) is 20.9 Å². The predicted octanol–water partition coefficient (Wildman–Crippen LogP) is 3.44. The predicted molar refractivity (Wildman–Crippen MR) is 84.7 cm³/mol. The van der Waals surface area contributed by atoms with Crippen LogP contribution in [-0.2, 0) is 6.42 Å². The van der Waals surface area contributed by atoms with Crippen LogP contribution < -0.4 is 5.32 Å². The van der Waals surface area contributed by atoms with Gasteiger partial charge in [0.05, 0.1) is 22.4 Å². The van der Waals surface area contributed by atoms with E-state index >= 15 is 0 Å². The number of aromatic nitrogens is 3. The van der Waals surface area contributed by atoms with Crippen molar-refractivity contribution >= 4 is 27.6 Å². The zero-order valence-electron chi connectivity index (χ0n) is 11.7. The number of nitrogens with one attached hydrogen (secondary N) is 1. The van der Waals surface area contributed by atoms with E-state index in [1.54, 1.807) is 22.7 Å². The Morgan fingerprint density at radius 3 is 2.95 bits per heavy atom. The van der Waals surface area contributed by atoms with Crippen molar-refractivity contribution in [2.24, 2.45) is 0 Å². The largest absolute Gasteiger partial charge is 0.308 e. The van der Waals surface area contributed by atoms with E-state index in [9.17, 15) is 0 Å². The minimum atomic E-state index is 0.254. The molecule has 20 heavy (non-hydrogen) atoms. The minimum absolute atomic E-state index is 0.254. The first-order valence-corrected chi connectivity index (χ1v) is 8.58. The Bertz CT molecular complexity index is 654.